The van der Waals surface area contributed by atoms with Gasteiger partial charge in [-0.15, -0.1) is 0 Å². The van der Waals surface area contributed by atoms with Gasteiger partial charge in [-0.1, -0.05) is 72.8 Å². The lowest BCUT2D eigenvalue weighted by Crippen LogP contribution is -2.40. The summed E-state index contributed by atoms with van der Waals surface area (Å²) in [4.78, 5) is 25.6. The summed E-state index contributed by atoms with van der Waals surface area (Å²) < 4.78 is 5.22. The molecule has 0 saturated carbocycles. The molecule has 1 atom stereocenters. The number of amides is 2. The Labute approximate surface area is 170 Å². The number of hydrogen-bond donors (Lipinski definition) is 2. The topological polar surface area (TPSA) is 67.4 Å². The van der Waals surface area contributed by atoms with E-state index in [-0.39, 0.29) is 11.8 Å². The minimum atomic E-state index is -0.793. The Morgan fingerprint density at radius 1 is 0.828 bits per heavy atom. The molecule has 0 aliphatic rings. The number of nitrogens with one attached hydrogen (secondary N) is 2. The highest BCUT2D eigenvalue weighted by molar-refractivity contribution is 5.97. The number of methoxy groups -OCH3 is 1. The summed E-state index contributed by atoms with van der Waals surface area (Å²) in [7, 11) is 1.64. The number of carbonyl (C=O) groups excluding carboxylic acids is 2. The van der Waals surface area contributed by atoms with E-state index in [1.165, 1.54) is 0 Å². The molecule has 2 amide bonds. The predicted molar refractivity (Wildman–Crippen MR) is 112 cm³/mol. The van der Waals surface area contributed by atoms with Crippen molar-refractivity contribution >= 4 is 11.8 Å². The monoisotopic (exact) mass is 388 g/mol. The third kappa shape index (κ3) is 5.53. The molecule has 148 valence electrons. The smallest absolute Gasteiger partial charge is 0.252 e. The molecule has 5 nitrogen and oxygen atoms in total. The Morgan fingerprint density at radius 2 is 1.41 bits per heavy atom. The molecule has 2 N–H and O–H groups in total. The summed E-state index contributed by atoms with van der Waals surface area (Å²) in [5.41, 5.74) is 3.22. The Hall–Kier alpha value is -3.44. The van der Waals surface area contributed by atoms with Crippen LogP contribution in [-0.4, -0.2) is 18.9 Å². The molecule has 0 aliphatic carbocycles. The molecule has 3 aromatic rings. The Balaban J connectivity index is 1.76. The molecule has 0 spiro atoms. The van der Waals surface area contributed by atoms with Crippen molar-refractivity contribution in [3.63, 3.8) is 0 Å². The van der Waals surface area contributed by atoms with Gasteiger partial charge in [-0.2, -0.15) is 0 Å². The maximum absolute atomic E-state index is 13.0. The highest BCUT2D eigenvalue weighted by Gasteiger charge is 2.23. The summed E-state index contributed by atoms with van der Waals surface area (Å²) in [5, 5.41) is 5.79. The summed E-state index contributed by atoms with van der Waals surface area (Å²) >= 11 is 0. The van der Waals surface area contributed by atoms with Gasteiger partial charge in [0.25, 0.3) is 5.91 Å². The molecule has 0 heterocycles. The van der Waals surface area contributed by atoms with E-state index < -0.39 is 6.04 Å². The minimum absolute atomic E-state index is 0.271. The van der Waals surface area contributed by atoms with Gasteiger partial charge in [-0.25, -0.2) is 0 Å². The lowest BCUT2D eigenvalue weighted by Gasteiger charge is -2.19. The van der Waals surface area contributed by atoms with Crippen LogP contribution in [0, 0.1) is 0 Å². The molecule has 0 saturated heterocycles. The molecule has 0 aliphatic heterocycles. The molecule has 3 aromatic carbocycles. The van der Waals surface area contributed by atoms with E-state index in [0.717, 1.165) is 16.7 Å². The van der Waals surface area contributed by atoms with Crippen LogP contribution in [0.15, 0.2) is 84.9 Å². The van der Waals surface area contributed by atoms with Gasteiger partial charge in [0.2, 0.25) is 5.91 Å². The fourth-order valence-corrected chi connectivity index (χ4v) is 3.06. The molecular formula is C24H24N2O3. The van der Waals surface area contributed by atoms with Crippen LogP contribution < -0.4 is 10.6 Å². The standard InChI is InChI=1S/C24H24N2O3/c1-29-17-21-15-9-8-14-20(21)16-25-24(28)22(18-10-4-2-5-11-18)26-23(27)19-12-6-3-7-13-19/h2-15,22H,16-17H2,1H3,(H,25,28)(H,26,27). The predicted octanol–water partition coefficient (Wildman–Crippen LogP) is 3.62. The fraction of sp³-hybridized carbons (Fsp3) is 0.167. The van der Waals surface area contributed by atoms with Crippen LogP contribution in [0.25, 0.3) is 0 Å². The molecule has 0 aromatic heterocycles. The number of ether oxygens (including phenoxy) is 1. The van der Waals surface area contributed by atoms with Gasteiger partial charge in [0.15, 0.2) is 0 Å². The third-order valence-corrected chi connectivity index (χ3v) is 4.58. The first kappa shape index (κ1) is 20.3. The van der Waals surface area contributed by atoms with Crippen molar-refractivity contribution in [2.75, 3.05) is 7.11 Å². The van der Waals surface area contributed by atoms with Crippen LogP contribution in [0.1, 0.15) is 33.1 Å². The van der Waals surface area contributed by atoms with Crippen molar-refractivity contribution in [3.8, 4) is 0 Å². The Morgan fingerprint density at radius 3 is 2.07 bits per heavy atom. The van der Waals surface area contributed by atoms with Crippen molar-refractivity contribution in [1.82, 2.24) is 10.6 Å². The average Bonchev–Trinajstić information content (AvgIpc) is 2.78. The van der Waals surface area contributed by atoms with Crippen molar-refractivity contribution in [2.24, 2.45) is 0 Å². The van der Waals surface area contributed by atoms with E-state index in [2.05, 4.69) is 10.6 Å². The first-order valence-electron chi connectivity index (χ1n) is 9.43. The average molecular weight is 388 g/mol. The van der Waals surface area contributed by atoms with E-state index in [1.807, 2.05) is 60.7 Å². The molecule has 3 rings (SSSR count). The second kappa shape index (κ2) is 10.2. The van der Waals surface area contributed by atoms with E-state index in [4.69, 9.17) is 4.74 Å². The molecular weight excluding hydrogens is 364 g/mol. The quantitative estimate of drug-likeness (QED) is 0.619. The van der Waals surface area contributed by atoms with Gasteiger partial charge in [0.05, 0.1) is 6.61 Å². The zero-order chi connectivity index (χ0) is 20.5. The zero-order valence-electron chi connectivity index (χ0n) is 16.3. The van der Waals surface area contributed by atoms with Crippen LogP contribution in [0.2, 0.25) is 0 Å². The first-order valence-corrected chi connectivity index (χ1v) is 9.43. The van der Waals surface area contributed by atoms with Crippen LogP contribution >= 0.6 is 0 Å². The molecule has 29 heavy (non-hydrogen) atoms. The first-order chi connectivity index (χ1) is 14.2. The van der Waals surface area contributed by atoms with Crippen molar-refractivity contribution in [3.05, 3.63) is 107 Å². The largest absolute Gasteiger partial charge is 0.380 e. The van der Waals surface area contributed by atoms with Gasteiger partial charge < -0.3 is 15.4 Å². The molecule has 1 unspecified atom stereocenters. The van der Waals surface area contributed by atoms with Crippen LogP contribution in [0.4, 0.5) is 0 Å². The van der Waals surface area contributed by atoms with Gasteiger partial charge >= 0.3 is 0 Å². The zero-order valence-corrected chi connectivity index (χ0v) is 16.3. The van der Waals surface area contributed by atoms with E-state index >= 15 is 0 Å². The second-order valence-corrected chi connectivity index (χ2v) is 6.60. The number of carbonyl (C=O) groups is 2. The van der Waals surface area contributed by atoms with Crippen LogP contribution in [-0.2, 0) is 22.7 Å². The minimum Gasteiger partial charge on any atom is -0.380 e. The highest BCUT2D eigenvalue weighted by Crippen LogP contribution is 2.15. The van der Waals surface area contributed by atoms with Crippen molar-refractivity contribution < 1.29 is 14.3 Å². The van der Waals surface area contributed by atoms with Crippen LogP contribution in [0.5, 0.6) is 0 Å². The van der Waals surface area contributed by atoms with Crippen LogP contribution in [0.3, 0.4) is 0 Å². The summed E-state index contributed by atoms with van der Waals surface area (Å²) in [6, 6.07) is 25.1. The van der Waals surface area contributed by atoms with Gasteiger partial charge in [0.1, 0.15) is 6.04 Å². The molecule has 0 bridgehead atoms. The Bertz CT molecular complexity index is 943. The Kier molecular flexibility index (Phi) is 7.14. The number of rotatable bonds is 8. The maximum atomic E-state index is 13.0. The SMILES string of the molecule is COCc1ccccc1CNC(=O)C(NC(=O)c1ccccc1)c1ccccc1. The fourth-order valence-electron chi connectivity index (χ4n) is 3.06. The normalized spacial score (nSPS) is 11.5. The second-order valence-electron chi connectivity index (χ2n) is 6.60. The number of benzene rings is 3. The molecule has 0 radical (unpaired) electrons. The summed E-state index contributed by atoms with van der Waals surface area (Å²) in [5.74, 6) is -0.568. The van der Waals surface area contributed by atoms with E-state index in [9.17, 15) is 9.59 Å². The van der Waals surface area contributed by atoms with E-state index in [0.29, 0.717) is 18.7 Å². The van der Waals surface area contributed by atoms with Gasteiger partial charge in [0, 0.05) is 19.2 Å². The van der Waals surface area contributed by atoms with Crippen molar-refractivity contribution in [2.45, 2.75) is 19.2 Å². The highest BCUT2D eigenvalue weighted by atomic mass is 16.5. The molecule has 5 heteroatoms. The summed E-state index contributed by atoms with van der Waals surface area (Å²) in [6.07, 6.45) is 0. The molecule has 0 fully saturated rings. The third-order valence-electron chi connectivity index (χ3n) is 4.58. The summed E-state index contributed by atoms with van der Waals surface area (Å²) in [6.45, 7) is 0.821. The number of hydrogen-bond acceptors (Lipinski definition) is 3. The van der Waals surface area contributed by atoms with Gasteiger partial charge in [-0.3, -0.25) is 9.59 Å². The lowest BCUT2D eigenvalue weighted by molar-refractivity contribution is -0.123. The van der Waals surface area contributed by atoms with E-state index in [1.54, 1.807) is 31.4 Å². The van der Waals surface area contributed by atoms with Crippen molar-refractivity contribution in [1.29, 1.82) is 0 Å². The van der Waals surface area contributed by atoms with Gasteiger partial charge in [-0.05, 0) is 28.8 Å². The maximum Gasteiger partial charge on any atom is 0.252 e. The lowest BCUT2D eigenvalue weighted by atomic mass is 10.0.